The molecule has 1 amide bonds. The zero-order chi connectivity index (χ0) is 22.4. The van der Waals surface area contributed by atoms with Crippen LogP contribution >= 0.6 is 0 Å². The Kier molecular flexibility index (Phi) is 7.41. The molecule has 0 atom stereocenters. The Balaban J connectivity index is 1.64. The third kappa shape index (κ3) is 5.89. The van der Waals surface area contributed by atoms with Gasteiger partial charge in [0.05, 0.1) is 36.3 Å². The molecular weight excluding hydrogens is 416 g/mol. The van der Waals surface area contributed by atoms with E-state index in [1.165, 1.54) is 10.4 Å². The summed E-state index contributed by atoms with van der Waals surface area (Å²) >= 11 is 0. The first-order valence-corrected chi connectivity index (χ1v) is 11.4. The van der Waals surface area contributed by atoms with Crippen molar-refractivity contribution >= 4 is 21.6 Å². The van der Waals surface area contributed by atoms with E-state index in [-0.39, 0.29) is 17.3 Å². The number of nitrogens with one attached hydrogen (secondary N) is 1. The fraction of sp³-hybridized carbons (Fsp3) is 0.364. The van der Waals surface area contributed by atoms with Gasteiger partial charge in [0.1, 0.15) is 0 Å². The van der Waals surface area contributed by atoms with Crippen molar-refractivity contribution in [1.29, 1.82) is 5.26 Å². The van der Waals surface area contributed by atoms with Gasteiger partial charge >= 0.3 is 0 Å². The molecule has 2 aromatic carbocycles. The van der Waals surface area contributed by atoms with E-state index in [0.29, 0.717) is 49.7 Å². The fourth-order valence-corrected chi connectivity index (χ4v) is 5.04. The van der Waals surface area contributed by atoms with Crippen LogP contribution < -0.4 is 5.32 Å². The zero-order valence-electron chi connectivity index (χ0n) is 17.7. The molecule has 0 aliphatic carbocycles. The summed E-state index contributed by atoms with van der Waals surface area (Å²) in [6.45, 7) is 3.81. The number of amides is 1. The lowest BCUT2D eigenvalue weighted by atomic mass is 10.1. The molecule has 0 unspecified atom stereocenters. The van der Waals surface area contributed by atoms with Gasteiger partial charge in [-0.15, -0.1) is 0 Å². The number of carbonyl (C=O) groups excluding carboxylic acids is 1. The topological polar surface area (TPSA) is 103 Å². The van der Waals surface area contributed by atoms with Crippen LogP contribution in [0.1, 0.15) is 16.7 Å². The third-order valence-electron chi connectivity index (χ3n) is 5.01. The zero-order valence-corrected chi connectivity index (χ0v) is 18.5. The standard InChI is InChI=1S/C22H26N4O4S/c1-17-3-8-20(13-21(17)31(28,29)26-9-11-30-12-10-26)24-22(27)16-25(2)15-19-6-4-18(14-23)5-7-19/h3-8,13H,9-12,15-16H2,1-2H3,(H,24,27). The lowest BCUT2D eigenvalue weighted by molar-refractivity contribution is -0.117. The van der Waals surface area contributed by atoms with E-state index >= 15 is 0 Å². The van der Waals surface area contributed by atoms with Gasteiger partial charge in [-0.3, -0.25) is 9.69 Å². The predicted octanol–water partition coefficient (Wildman–Crippen LogP) is 1.96. The maximum atomic E-state index is 13.0. The highest BCUT2D eigenvalue weighted by atomic mass is 32.2. The number of rotatable bonds is 7. The van der Waals surface area contributed by atoms with Gasteiger partial charge in [-0.25, -0.2) is 8.42 Å². The van der Waals surface area contributed by atoms with Crippen LogP contribution in [0.25, 0.3) is 0 Å². The van der Waals surface area contributed by atoms with E-state index < -0.39 is 10.0 Å². The minimum atomic E-state index is -3.65. The van der Waals surface area contributed by atoms with Crippen LogP contribution in [-0.2, 0) is 26.1 Å². The molecule has 2 aromatic rings. The van der Waals surface area contributed by atoms with E-state index in [0.717, 1.165) is 5.56 Å². The Labute approximate surface area is 183 Å². The summed E-state index contributed by atoms with van der Waals surface area (Å²) in [6, 6.07) is 14.2. The molecule has 0 aromatic heterocycles. The van der Waals surface area contributed by atoms with Gasteiger partial charge in [-0.1, -0.05) is 18.2 Å². The van der Waals surface area contributed by atoms with Crippen molar-refractivity contribution in [2.24, 2.45) is 0 Å². The van der Waals surface area contributed by atoms with Gasteiger partial charge < -0.3 is 10.1 Å². The highest BCUT2D eigenvalue weighted by Crippen LogP contribution is 2.24. The molecule has 0 spiro atoms. The lowest BCUT2D eigenvalue weighted by Gasteiger charge is -2.27. The second-order valence-electron chi connectivity index (χ2n) is 7.53. The molecule has 31 heavy (non-hydrogen) atoms. The minimum Gasteiger partial charge on any atom is -0.379 e. The number of nitrogens with zero attached hydrogens (tertiary/aromatic N) is 3. The number of likely N-dealkylation sites (N-methyl/N-ethyl adjacent to an activating group) is 1. The van der Waals surface area contributed by atoms with Crippen LogP contribution in [0.2, 0.25) is 0 Å². The molecule has 1 N–H and O–H groups in total. The number of sulfonamides is 1. The number of aryl methyl sites for hydroxylation is 1. The van der Waals surface area contributed by atoms with E-state index in [1.807, 2.05) is 24.1 Å². The maximum Gasteiger partial charge on any atom is 0.243 e. The summed E-state index contributed by atoms with van der Waals surface area (Å²) < 4.78 is 32.7. The highest BCUT2D eigenvalue weighted by molar-refractivity contribution is 7.89. The Morgan fingerprint density at radius 1 is 1.19 bits per heavy atom. The summed E-state index contributed by atoms with van der Waals surface area (Å²) in [5.41, 5.74) is 2.64. The molecule has 0 radical (unpaired) electrons. The summed E-state index contributed by atoms with van der Waals surface area (Å²) in [6.07, 6.45) is 0. The first-order chi connectivity index (χ1) is 14.8. The van der Waals surface area contributed by atoms with Crippen molar-refractivity contribution in [3.8, 4) is 6.07 Å². The van der Waals surface area contributed by atoms with Gasteiger partial charge in [0.2, 0.25) is 15.9 Å². The summed E-state index contributed by atoms with van der Waals surface area (Å²) in [5.74, 6) is -0.241. The van der Waals surface area contributed by atoms with Gasteiger partial charge in [-0.05, 0) is 49.4 Å². The number of ether oxygens (including phenoxy) is 1. The number of anilines is 1. The predicted molar refractivity (Wildman–Crippen MR) is 117 cm³/mol. The summed E-state index contributed by atoms with van der Waals surface area (Å²) in [4.78, 5) is 14.5. The molecule has 1 heterocycles. The molecule has 9 heteroatoms. The van der Waals surface area contributed by atoms with Gasteiger partial charge in [0.25, 0.3) is 0 Å². The second-order valence-corrected chi connectivity index (χ2v) is 9.43. The average Bonchev–Trinajstić information content (AvgIpc) is 2.76. The van der Waals surface area contributed by atoms with Crippen molar-refractivity contribution < 1.29 is 17.9 Å². The van der Waals surface area contributed by atoms with Crippen LogP contribution in [0.4, 0.5) is 5.69 Å². The molecule has 1 fully saturated rings. The van der Waals surface area contributed by atoms with Gasteiger partial charge in [-0.2, -0.15) is 9.57 Å². The largest absolute Gasteiger partial charge is 0.379 e. The smallest absolute Gasteiger partial charge is 0.243 e. The molecule has 0 bridgehead atoms. The Bertz CT molecular complexity index is 1070. The molecule has 164 valence electrons. The monoisotopic (exact) mass is 442 g/mol. The van der Waals surface area contributed by atoms with E-state index in [9.17, 15) is 13.2 Å². The molecule has 1 aliphatic heterocycles. The first kappa shape index (κ1) is 22.9. The van der Waals surface area contributed by atoms with Gasteiger partial charge in [0, 0.05) is 25.3 Å². The van der Waals surface area contributed by atoms with Crippen LogP contribution in [0.3, 0.4) is 0 Å². The van der Waals surface area contributed by atoms with E-state index in [1.54, 1.807) is 31.2 Å². The number of hydrogen-bond acceptors (Lipinski definition) is 6. The van der Waals surface area contributed by atoms with Crippen molar-refractivity contribution in [3.05, 3.63) is 59.2 Å². The fourth-order valence-electron chi connectivity index (χ4n) is 3.38. The van der Waals surface area contributed by atoms with Crippen molar-refractivity contribution in [3.63, 3.8) is 0 Å². The molecule has 3 rings (SSSR count). The third-order valence-corrected chi connectivity index (χ3v) is 7.05. The molecule has 1 aliphatic rings. The number of nitriles is 1. The number of morpholine rings is 1. The summed E-state index contributed by atoms with van der Waals surface area (Å²) in [5, 5.41) is 11.7. The van der Waals surface area contributed by atoms with E-state index in [2.05, 4.69) is 11.4 Å². The molecular formula is C22H26N4O4S. The number of carbonyl (C=O) groups is 1. The van der Waals surface area contributed by atoms with Crippen LogP contribution in [0.15, 0.2) is 47.4 Å². The number of benzene rings is 2. The lowest BCUT2D eigenvalue weighted by Crippen LogP contribution is -2.40. The average molecular weight is 443 g/mol. The molecule has 8 nitrogen and oxygen atoms in total. The minimum absolute atomic E-state index is 0.138. The Morgan fingerprint density at radius 2 is 1.87 bits per heavy atom. The second kappa shape index (κ2) is 10.0. The Hall–Kier alpha value is -2.77. The van der Waals surface area contributed by atoms with Crippen LogP contribution in [0.5, 0.6) is 0 Å². The SMILES string of the molecule is Cc1ccc(NC(=O)CN(C)Cc2ccc(C#N)cc2)cc1S(=O)(=O)N1CCOCC1. The van der Waals surface area contributed by atoms with Crippen LogP contribution in [0, 0.1) is 18.3 Å². The van der Waals surface area contributed by atoms with Crippen molar-refractivity contribution in [1.82, 2.24) is 9.21 Å². The number of hydrogen-bond donors (Lipinski definition) is 1. The van der Waals surface area contributed by atoms with Crippen molar-refractivity contribution in [2.75, 3.05) is 45.2 Å². The van der Waals surface area contributed by atoms with E-state index in [4.69, 9.17) is 10.00 Å². The van der Waals surface area contributed by atoms with Crippen molar-refractivity contribution in [2.45, 2.75) is 18.4 Å². The highest BCUT2D eigenvalue weighted by Gasteiger charge is 2.28. The van der Waals surface area contributed by atoms with Crippen LogP contribution in [-0.4, -0.2) is 63.4 Å². The summed E-state index contributed by atoms with van der Waals surface area (Å²) in [7, 11) is -1.83. The Morgan fingerprint density at radius 3 is 2.52 bits per heavy atom. The molecule has 0 saturated carbocycles. The quantitative estimate of drug-likeness (QED) is 0.703. The van der Waals surface area contributed by atoms with Gasteiger partial charge in [0.15, 0.2) is 0 Å². The maximum absolute atomic E-state index is 13.0. The normalized spacial score (nSPS) is 14.9. The first-order valence-electron chi connectivity index (χ1n) is 9.95. The molecule has 1 saturated heterocycles.